The Morgan fingerprint density at radius 2 is 0.527 bits per heavy atom. The van der Waals surface area contributed by atoms with Gasteiger partial charge in [-0.05, 0) is 83.5 Å². The lowest BCUT2D eigenvalue weighted by atomic mass is 10.0. The summed E-state index contributed by atoms with van der Waals surface area (Å²) in [7, 11) is 0. The van der Waals surface area contributed by atoms with Gasteiger partial charge in [-0.15, -0.1) is 0 Å². The molecule has 0 saturated heterocycles. The highest BCUT2D eigenvalue weighted by Gasteiger charge is 2.19. The van der Waals surface area contributed by atoms with E-state index < -0.39 is 6.10 Å². The van der Waals surface area contributed by atoms with Crippen molar-refractivity contribution in [1.82, 2.24) is 0 Å². The van der Waals surface area contributed by atoms with Crippen LogP contribution in [0.15, 0.2) is 60.8 Å². The molecule has 1 atom stereocenters. The number of hydrogen-bond acceptors (Lipinski definition) is 6. The standard InChI is InChI=1S/C68H122O6/c1-4-7-10-13-16-18-20-22-24-25-26-27-28-29-30-31-32-33-34-35-36-37-38-39-40-41-42-43-45-46-48-50-52-55-58-61-67(70)73-64-65(63-72-66(69)60-57-54-15-12-9-6-3)74-68(71)62-59-56-53-51-49-47-44-23-21-19-17-14-11-8-5-2/h7,10,16,18,22-24,26-27,44,65H,4-6,8-9,11-15,17,19-21,25,28-43,45-64H2,1-3H3/b10-7-,18-16-,24-22-,27-26-,44-23-. The third-order valence-electron chi connectivity index (χ3n) is 14.3. The predicted molar refractivity (Wildman–Crippen MR) is 321 cm³/mol. The molecular formula is C68H122O6. The van der Waals surface area contributed by atoms with Crippen LogP contribution in [0.25, 0.3) is 0 Å². The van der Waals surface area contributed by atoms with Crippen LogP contribution in [0.4, 0.5) is 0 Å². The van der Waals surface area contributed by atoms with E-state index >= 15 is 0 Å². The van der Waals surface area contributed by atoms with Gasteiger partial charge in [0.15, 0.2) is 6.10 Å². The predicted octanol–water partition coefficient (Wildman–Crippen LogP) is 21.9. The van der Waals surface area contributed by atoms with E-state index in [1.165, 1.54) is 205 Å². The van der Waals surface area contributed by atoms with Crippen molar-refractivity contribution in [2.75, 3.05) is 13.2 Å². The van der Waals surface area contributed by atoms with Gasteiger partial charge in [0, 0.05) is 19.3 Å². The van der Waals surface area contributed by atoms with Crippen molar-refractivity contribution in [3.8, 4) is 0 Å². The number of carbonyl (C=O) groups excluding carboxylic acids is 3. The van der Waals surface area contributed by atoms with Gasteiger partial charge in [0.1, 0.15) is 13.2 Å². The van der Waals surface area contributed by atoms with Crippen molar-refractivity contribution in [1.29, 1.82) is 0 Å². The number of unbranched alkanes of at least 4 members (excludes halogenated alkanes) is 38. The first-order valence-electron chi connectivity index (χ1n) is 32.3. The van der Waals surface area contributed by atoms with Gasteiger partial charge < -0.3 is 14.2 Å². The van der Waals surface area contributed by atoms with Crippen molar-refractivity contribution in [3.05, 3.63) is 60.8 Å². The number of hydrogen-bond donors (Lipinski definition) is 0. The van der Waals surface area contributed by atoms with Crippen molar-refractivity contribution in [3.63, 3.8) is 0 Å². The topological polar surface area (TPSA) is 78.9 Å². The highest BCUT2D eigenvalue weighted by molar-refractivity contribution is 5.71. The average molecular weight is 1040 g/mol. The second-order valence-corrected chi connectivity index (χ2v) is 21.6. The number of allylic oxidation sites excluding steroid dienone is 10. The van der Waals surface area contributed by atoms with Gasteiger partial charge in [-0.25, -0.2) is 0 Å². The molecule has 0 aliphatic carbocycles. The molecule has 1 unspecified atom stereocenters. The molecule has 6 heteroatoms. The molecule has 0 aliphatic rings. The number of ether oxygens (including phenoxy) is 3. The quantitative estimate of drug-likeness (QED) is 0.0261. The highest BCUT2D eigenvalue weighted by Crippen LogP contribution is 2.17. The average Bonchev–Trinajstić information content (AvgIpc) is 3.40. The van der Waals surface area contributed by atoms with Gasteiger partial charge in [-0.2, -0.15) is 0 Å². The Kier molecular flexibility index (Phi) is 60.2. The van der Waals surface area contributed by atoms with E-state index in [0.29, 0.717) is 19.3 Å². The van der Waals surface area contributed by atoms with Gasteiger partial charge in [-0.1, -0.05) is 293 Å². The van der Waals surface area contributed by atoms with E-state index in [-0.39, 0.29) is 31.1 Å². The summed E-state index contributed by atoms with van der Waals surface area (Å²) in [6.07, 6.45) is 80.0. The number of carbonyl (C=O) groups is 3. The number of rotatable bonds is 59. The summed E-state index contributed by atoms with van der Waals surface area (Å²) in [5.41, 5.74) is 0. The highest BCUT2D eigenvalue weighted by atomic mass is 16.6. The molecule has 0 N–H and O–H groups in total. The largest absolute Gasteiger partial charge is 0.462 e. The van der Waals surface area contributed by atoms with Crippen LogP contribution in [0.2, 0.25) is 0 Å². The fraction of sp³-hybridized carbons (Fsp3) is 0.809. The molecule has 0 amide bonds. The maximum absolute atomic E-state index is 12.8. The van der Waals surface area contributed by atoms with Gasteiger partial charge in [-0.3, -0.25) is 14.4 Å². The zero-order valence-electron chi connectivity index (χ0n) is 49.4. The first-order valence-corrected chi connectivity index (χ1v) is 32.3. The van der Waals surface area contributed by atoms with Gasteiger partial charge in [0.05, 0.1) is 0 Å². The molecular weight excluding hydrogens is 913 g/mol. The number of esters is 3. The molecule has 0 saturated carbocycles. The fourth-order valence-electron chi connectivity index (χ4n) is 9.43. The Morgan fingerprint density at radius 3 is 0.838 bits per heavy atom. The molecule has 0 aromatic heterocycles. The summed E-state index contributed by atoms with van der Waals surface area (Å²) in [6.45, 7) is 6.49. The van der Waals surface area contributed by atoms with E-state index in [0.717, 1.165) is 89.9 Å². The van der Waals surface area contributed by atoms with Crippen LogP contribution in [0.3, 0.4) is 0 Å². The van der Waals surface area contributed by atoms with Crippen molar-refractivity contribution in [2.45, 2.75) is 341 Å². The summed E-state index contributed by atoms with van der Waals surface area (Å²) in [6, 6.07) is 0. The maximum atomic E-state index is 12.8. The Hall–Kier alpha value is -2.89. The minimum Gasteiger partial charge on any atom is -0.462 e. The Labute approximate surface area is 460 Å². The summed E-state index contributed by atoms with van der Waals surface area (Å²) in [5.74, 6) is -0.874. The normalized spacial score (nSPS) is 12.4. The molecule has 0 radical (unpaired) electrons. The molecule has 0 aliphatic heterocycles. The minimum atomic E-state index is -0.771. The van der Waals surface area contributed by atoms with Crippen LogP contribution in [0.1, 0.15) is 335 Å². The molecule has 0 heterocycles. The maximum Gasteiger partial charge on any atom is 0.306 e. The lowest BCUT2D eigenvalue weighted by Gasteiger charge is -2.18. The lowest BCUT2D eigenvalue weighted by Crippen LogP contribution is -2.30. The van der Waals surface area contributed by atoms with Crippen LogP contribution >= 0.6 is 0 Å². The fourth-order valence-corrected chi connectivity index (χ4v) is 9.43. The lowest BCUT2D eigenvalue weighted by molar-refractivity contribution is -0.167. The molecule has 0 aromatic rings. The molecule has 0 rings (SSSR count). The first-order chi connectivity index (χ1) is 36.5. The first kappa shape index (κ1) is 71.1. The Balaban J connectivity index is 3.90. The molecule has 0 aromatic carbocycles. The second-order valence-electron chi connectivity index (χ2n) is 21.6. The summed E-state index contributed by atoms with van der Waals surface area (Å²) >= 11 is 0. The van der Waals surface area contributed by atoms with E-state index in [1.54, 1.807) is 0 Å². The third-order valence-corrected chi connectivity index (χ3v) is 14.3. The zero-order valence-corrected chi connectivity index (χ0v) is 49.4. The Bertz CT molecular complexity index is 1330. The van der Waals surface area contributed by atoms with Gasteiger partial charge in [0.25, 0.3) is 0 Å². The van der Waals surface area contributed by atoms with E-state index in [1.807, 2.05) is 0 Å². The van der Waals surface area contributed by atoms with E-state index in [2.05, 4.69) is 81.5 Å². The van der Waals surface area contributed by atoms with Crippen LogP contribution in [-0.4, -0.2) is 37.2 Å². The monoisotopic (exact) mass is 1030 g/mol. The van der Waals surface area contributed by atoms with Crippen molar-refractivity contribution < 1.29 is 28.6 Å². The van der Waals surface area contributed by atoms with E-state index in [9.17, 15) is 14.4 Å². The molecule has 0 bridgehead atoms. The Morgan fingerprint density at radius 1 is 0.284 bits per heavy atom. The third kappa shape index (κ3) is 60.0. The second kappa shape index (κ2) is 62.6. The molecule has 6 nitrogen and oxygen atoms in total. The van der Waals surface area contributed by atoms with Crippen molar-refractivity contribution >= 4 is 17.9 Å². The van der Waals surface area contributed by atoms with Gasteiger partial charge in [0.2, 0.25) is 0 Å². The molecule has 74 heavy (non-hydrogen) atoms. The summed E-state index contributed by atoms with van der Waals surface area (Å²) in [4.78, 5) is 37.9. The van der Waals surface area contributed by atoms with Crippen LogP contribution in [-0.2, 0) is 28.6 Å². The van der Waals surface area contributed by atoms with E-state index in [4.69, 9.17) is 14.2 Å². The van der Waals surface area contributed by atoms with Crippen LogP contribution < -0.4 is 0 Å². The minimum absolute atomic E-state index is 0.0723. The SMILES string of the molecule is CC/C=C\C/C=C\C/C=C\C/C=C\CCCCCCCCCCCCCCCCCCCCCCCCC(=O)OCC(COC(=O)CCCCCCCC)OC(=O)CCCCCCC/C=C\CCCCCCCC. The molecule has 0 fully saturated rings. The van der Waals surface area contributed by atoms with Crippen molar-refractivity contribution in [2.24, 2.45) is 0 Å². The molecule has 430 valence electrons. The summed E-state index contributed by atoms with van der Waals surface area (Å²) < 4.78 is 16.8. The van der Waals surface area contributed by atoms with Crippen LogP contribution in [0.5, 0.6) is 0 Å². The smallest absolute Gasteiger partial charge is 0.306 e. The zero-order chi connectivity index (χ0) is 53.6. The van der Waals surface area contributed by atoms with Crippen LogP contribution in [0, 0.1) is 0 Å². The summed E-state index contributed by atoms with van der Waals surface area (Å²) in [5, 5.41) is 0. The van der Waals surface area contributed by atoms with Gasteiger partial charge >= 0.3 is 17.9 Å². The molecule has 0 spiro atoms.